The van der Waals surface area contributed by atoms with Gasteiger partial charge in [0.05, 0.1) is 5.39 Å². The fourth-order valence-corrected chi connectivity index (χ4v) is 3.06. The zero-order valence-electron chi connectivity index (χ0n) is 14.6. The summed E-state index contributed by atoms with van der Waals surface area (Å²) >= 11 is 0. The molecule has 0 aliphatic rings. The molecule has 0 unspecified atom stereocenters. The number of hydrogen-bond donors (Lipinski definition) is 1. The molecular formula is C20H15N3O4. The molecule has 0 spiro atoms. The average Bonchev–Trinajstić information content (AvgIpc) is 2.64. The van der Waals surface area contributed by atoms with Crippen LogP contribution in [0.4, 0.5) is 5.69 Å². The predicted molar refractivity (Wildman–Crippen MR) is 102 cm³/mol. The van der Waals surface area contributed by atoms with Crippen molar-refractivity contribution in [3.05, 3.63) is 80.6 Å². The van der Waals surface area contributed by atoms with Crippen molar-refractivity contribution in [2.45, 2.75) is 6.92 Å². The summed E-state index contributed by atoms with van der Waals surface area (Å²) in [6.45, 7) is 1.82. The maximum Gasteiger partial charge on any atom is 0.336 e. The minimum Gasteiger partial charge on any atom is -0.423 e. The Morgan fingerprint density at radius 2 is 1.78 bits per heavy atom. The monoisotopic (exact) mass is 361 g/mol. The lowest BCUT2D eigenvalue weighted by molar-refractivity contribution is 0.102. The van der Waals surface area contributed by atoms with E-state index in [1.165, 1.54) is 13.1 Å². The molecular weight excluding hydrogens is 346 g/mol. The van der Waals surface area contributed by atoms with Gasteiger partial charge in [0.2, 0.25) is 0 Å². The van der Waals surface area contributed by atoms with Gasteiger partial charge in [0.15, 0.2) is 5.69 Å². The number of fused-ring (bicyclic) bond motifs is 2. The zero-order valence-corrected chi connectivity index (χ0v) is 14.6. The number of benzene rings is 2. The molecule has 1 amide bonds. The quantitative estimate of drug-likeness (QED) is 0.554. The molecule has 27 heavy (non-hydrogen) atoms. The molecule has 0 saturated carbocycles. The van der Waals surface area contributed by atoms with Gasteiger partial charge in [-0.15, -0.1) is 0 Å². The summed E-state index contributed by atoms with van der Waals surface area (Å²) in [4.78, 5) is 36.6. The van der Waals surface area contributed by atoms with Crippen molar-refractivity contribution < 1.29 is 9.21 Å². The smallest absolute Gasteiger partial charge is 0.336 e. The van der Waals surface area contributed by atoms with Gasteiger partial charge in [0.25, 0.3) is 11.5 Å². The molecule has 2 heterocycles. The Hall–Kier alpha value is -3.74. The highest BCUT2D eigenvalue weighted by molar-refractivity contribution is 6.11. The first kappa shape index (κ1) is 16.7. The summed E-state index contributed by atoms with van der Waals surface area (Å²) < 4.78 is 6.35. The van der Waals surface area contributed by atoms with E-state index in [9.17, 15) is 14.4 Å². The normalized spacial score (nSPS) is 11.0. The molecule has 1 N–H and O–H groups in total. The second-order valence-electron chi connectivity index (χ2n) is 6.24. The predicted octanol–water partition coefficient (Wildman–Crippen LogP) is 2.60. The SMILES string of the molecule is Cc1cc(=O)oc2cc(NC(=O)c3nn(C)c(=O)c4ccccc34)ccc12. The molecule has 0 atom stereocenters. The minimum atomic E-state index is -0.462. The number of anilines is 1. The molecule has 4 aromatic rings. The minimum absolute atomic E-state index is 0.137. The van der Waals surface area contributed by atoms with Gasteiger partial charge in [-0.05, 0) is 30.7 Å². The Morgan fingerprint density at radius 3 is 2.56 bits per heavy atom. The van der Waals surface area contributed by atoms with E-state index in [0.717, 1.165) is 15.6 Å². The van der Waals surface area contributed by atoms with Crippen LogP contribution in [0.2, 0.25) is 0 Å². The number of aromatic nitrogens is 2. The summed E-state index contributed by atoms with van der Waals surface area (Å²) in [5, 5.41) is 8.54. The molecule has 0 bridgehead atoms. The number of rotatable bonds is 2. The van der Waals surface area contributed by atoms with E-state index in [1.54, 1.807) is 42.5 Å². The third-order valence-electron chi connectivity index (χ3n) is 4.38. The highest BCUT2D eigenvalue weighted by Gasteiger charge is 2.16. The first-order valence-electron chi connectivity index (χ1n) is 8.26. The van der Waals surface area contributed by atoms with Crippen molar-refractivity contribution >= 4 is 33.3 Å². The van der Waals surface area contributed by atoms with Gasteiger partial charge in [0, 0.05) is 35.6 Å². The number of nitrogens with zero attached hydrogens (tertiary/aromatic N) is 2. The number of aryl methyl sites for hydroxylation is 2. The summed E-state index contributed by atoms with van der Waals surface area (Å²) in [6, 6.07) is 13.3. The Balaban J connectivity index is 1.78. The molecule has 2 aromatic carbocycles. The number of carbonyl (C=O) groups is 1. The van der Waals surface area contributed by atoms with Crippen molar-refractivity contribution in [3.8, 4) is 0 Å². The van der Waals surface area contributed by atoms with Crippen LogP contribution >= 0.6 is 0 Å². The van der Waals surface area contributed by atoms with Gasteiger partial charge < -0.3 is 9.73 Å². The molecule has 7 nitrogen and oxygen atoms in total. The molecule has 0 fully saturated rings. The van der Waals surface area contributed by atoms with Crippen molar-refractivity contribution in [3.63, 3.8) is 0 Å². The van der Waals surface area contributed by atoms with Crippen LogP contribution in [-0.2, 0) is 7.05 Å². The van der Waals surface area contributed by atoms with E-state index < -0.39 is 11.5 Å². The van der Waals surface area contributed by atoms with Gasteiger partial charge >= 0.3 is 5.63 Å². The summed E-state index contributed by atoms with van der Waals surface area (Å²) in [5.74, 6) is -0.462. The number of carbonyl (C=O) groups excluding carboxylic acids is 1. The van der Waals surface area contributed by atoms with Crippen LogP contribution in [-0.4, -0.2) is 15.7 Å². The van der Waals surface area contributed by atoms with Gasteiger partial charge in [-0.2, -0.15) is 5.10 Å². The Kier molecular flexibility index (Phi) is 3.84. The van der Waals surface area contributed by atoms with Gasteiger partial charge in [-0.3, -0.25) is 9.59 Å². The first-order chi connectivity index (χ1) is 12.9. The summed E-state index contributed by atoms with van der Waals surface area (Å²) in [6.07, 6.45) is 0. The largest absolute Gasteiger partial charge is 0.423 e. The van der Waals surface area contributed by atoms with E-state index in [-0.39, 0.29) is 11.3 Å². The molecule has 0 radical (unpaired) electrons. The highest BCUT2D eigenvalue weighted by Crippen LogP contribution is 2.22. The third kappa shape index (κ3) is 2.89. The number of amides is 1. The van der Waals surface area contributed by atoms with Crippen LogP contribution < -0.4 is 16.5 Å². The molecule has 7 heteroatoms. The molecule has 0 aliphatic carbocycles. The maximum absolute atomic E-state index is 12.8. The Labute approximate surface area is 152 Å². The Morgan fingerprint density at radius 1 is 1.04 bits per heavy atom. The second-order valence-corrected chi connectivity index (χ2v) is 6.24. The lowest BCUT2D eigenvalue weighted by Gasteiger charge is -2.09. The van der Waals surface area contributed by atoms with E-state index in [4.69, 9.17) is 4.42 Å². The van der Waals surface area contributed by atoms with Crippen LogP contribution in [0.1, 0.15) is 16.1 Å². The fraction of sp³-hybridized carbons (Fsp3) is 0.100. The summed E-state index contributed by atoms with van der Waals surface area (Å²) in [7, 11) is 1.50. The zero-order chi connectivity index (χ0) is 19.1. The van der Waals surface area contributed by atoms with Crippen LogP contribution in [0, 0.1) is 6.92 Å². The average molecular weight is 361 g/mol. The molecule has 0 aliphatic heterocycles. The van der Waals surface area contributed by atoms with Gasteiger partial charge in [-0.25, -0.2) is 9.48 Å². The van der Waals surface area contributed by atoms with Crippen molar-refractivity contribution in [2.75, 3.05) is 5.32 Å². The van der Waals surface area contributed by atoms with Gasteiger partial charge in [-0.1, -0.05) is 18.2 Å². The first-order valence-corrected chi connectivity index (χ1v) is 8.26. The molecule has 134 valence electrons. The standard InChI is InChI=1S/C20H15N3O4/c1-11-9-17(24)27-16-10-12(7-8-13(11)16)21-19(25)18-14-5-3-4-6-15(14)20(26)23(2)22-18/h3-10H,1-2H3,(H,21,25). The Bertz CT molecular complexity index is 1330. The van der Waals surface area contributed by atoms with Gasteiger partial charge in [0.1, 0.15) is 5.58 Å². The third-order valence-corrected chi connectivity index (χ3v) is 4.38. The second kappa shape index (κ2) is 6.21. The topological polar surface area (TPSA) is 94.2 Å². The van der Waals surface area contributed by atoms with Crippen LogP contribution in [0.3, 0.4) is 0 Å². The van der Waals surface area contributed by atoms with Crippen LogP contribution in [0.15, 0.2) is 62.5 Å². The van der Waals surface area contributed by atoms with Crippen LogP contribution in [0.5, 0.6) is 0 Å². The fourth-order valence-electron chi connectivity index (χ4n) is 3.06. The van der Waals surface area contributed by atoms with E-state index in [2.05, 4.69) is 10.4 Å². The molecule has 0 saturated heterocycles. The lowest BCUT2D eigenvalue weighted by Crippen LogP contribution is -2.25. The lowest BCUT2D eigenvalue weighted by atomic mass is 10.1. The van der Waals surface area contributed by atoms with Crippen LogP contribution in [0.25, 0.3) is 21.7 Å². The van der Waals surface area contributed by atoms with E-state index in [1.807, 2.05) is 6.92 Å². The number of nitrogens with one attached hydrogen (secondary N) is 1. The molecule has 4 rings (SSSR count). The highest BCUT2D eigenvalue weighted by atomic mass is 16.4. The van der Waals surface area contributed by atoms with Crippen molar-refractivity contribution in [1.82, 2.24) is 9.78 Å². The van der Waals surface area contributed by atoms with Crippen molar-refractivity contribution in [1.29, 1.82) is 0 Å². The summed E-state index contributed by atoms with van der Waals surface area (Å²) in [5.41, 5.74) is 1.06. The number of hydrogen-bond acceptors (Lipinski definition) is 5. The maximum atomic E-state index is 12.8. The van der Waals surface area contributed by atoms with E-state index in [0.29, 0.717) is 22.0 Å². The van der Waals surface area contributed by atoms with E-state index >= 15 is 0 Å². The molecule has 2 aromatic heterocycles. The van der Waals surface area contributed by atoms with Crippen molar-refractivity contribution in [2.24, 2.45) is 7.05 Å².